The first-order chi connectivity index (χ1) is 9.75. The molecular formula is C16H26NO3P. The molecule has 0 bridgehead atoms. The zero-order valence-corrected chi connectivity index (χ0v) is 14.5. The molecule has 4 nitrogen and oxygen atoms in total. The van der Waals surface area contributed by atoms with Gasteiger partial charge in [-0.1, -0.05) is 44.2 Å². The van der Waals surface area contributed by atoms with Crippen molar-refractivity contribution in [2.75, 3.05) is 20.4 Å². The maximum absolute atomic E-state index is 12.7. The van der Waals surface area contributed by atoms with Gasteiger partial charge in [-0.25, -0.2) is 4.67 Å². The lowest BCUT2D eigenvalue weighted by molar-refractivity contribution is -0.145. The smallest absolute Gasteiger partial charge is 0.323 e. The molecule has 0 radical (unpaired) electrons. The van der Waals surface area contributed by atoms with Gasteiger partial charge in [0.1, 0.15) is 13.3 Å². The molecule has 0 unspecified atom stereocenters. The number of ether oxygens (including phenoxy) is 1. The van der Waals surface area contributed by atoms with Gasteiger partial charge in [-0.05, 0) is 17.9 Å². The zero-order valence-electron chi connectivity index (χ0n) is 13.6. The number of carbonyl (C=O) groups is 1. The zero-order chi connectivity index (χ0) is 16.0. The summed E-state index contributed by atoms with van der Waals surface area (Å²) in [6.07, 6.45) is 0.630. The van der Waals surface area contributed by atoms with Crippen molar-refractivity contribution in [3.8, 4) is 0 Å². The van der Waals surface area contributed by atoms with E-state index in [0.717, 1.165) is 5.56 Å². The highest BCUT2D eigenvalue weighted by atomic mass is 31.2. The van der Waals surface area contributed by atoms with Crippen LogP contribution in [0.2, 0.25) is 0 Å². The minimum Gasteiger partial charge on any atom is -0.468 e. The molecule has 1 atom stereocenters. The predicted octanol–water partition coefficient (Wildman–Crippen LogP) is 3.61. The van der Waals surface area contributed by atoms with Gasteiger partial charge < -0.3 is 9.30 Å². The number of benzene rings is 1. The normalized spacial score (nSPS) is 13.5. The Bertz CT molecular complexity index is 496. The number of hydrogen-bond acceptors (Lipinski definition) is 3. The van der Waals surface area contributed by atoms with Gasteiger partial charge in [0.05, 0.1) is 7.11 Å². The molecule has 21 heavy (non-hydrogen) atoms. The minimum absolute atomic E-state index is 0.316. The van der Waals surface area contributed by atoms with Crippen LogP contribution in [0.25, 0.3) is 0 Å². The summed E-state index contributed by atoms with van der Waals surface area (Å²) in [6.45, 7) is 7.98. The third-order valence-electron chi connectivity index (χ3n) is 3.33. The van der Waals surface area contributed by atoms with Gasteiger partial charge in [-0.15, -0.1) is 0 Å². The Morgan fingerprint density at radius 1 is 1.24 bits per heavy atom. The topological polar surface area (TPSA) is 46.6 Å². The quantitative estimate of drug-likeness (QED) is 0.570. The molecule has 0 saturated carbocycles. The number of nitrogens with zero attached hydrogens (tertiary/aromatic N) is 1. The summed E-state index contributed by atoms with van der Waals surface area (Å²) < 4.78 is 19.4. The molecule has 1 aromatic carbocycles. The van der Waals surface area contributed by atoms with Gasteiger partial charge in [-0.3, -0.25) is 4.79 Å². The molecule has 0 aromatic heterocycles. The van der Waals surface area contributed by atoms with Crippen molar-refractivity contribution in [3.63, 3.8) is 0 Å². The summed E-state index contributed by atoms with van der Waals surface area (Å²) in [5.74, 6) is 0.00230. The van der Waals surface area contributed by atoms with Crippen molar-refractivity contribution in [2.45, 2.75) is 32.9 Å². The van der Waals surface area contributed by atoms with Crippen LogP contribution in [-0.4, -0.2) is 37.1 Å². The highest BCUT2D eigenvalue weighted by Crippen LogP contribution is 2.45. The summed E-state index contributed by atoms with van der Waals surface area (Å²) in [6, 6.07) is 9.31. The summed E-state index contributed by atoms with van der Waals surface area (Å²) >= 11 is 0. The lowest BCUT2D eigenvalue weighted by Crippen LogP contribution is -2.40. The fourth-order valence-electron chi connectivity index (χ4n) is 2.31. The Hall–Kier alpha value is -1.12. The van der Waals surface area contributed by atoms with Crippen LogP contribution in [0.5, 0.6) is 0 Å². The van der Waals surface area contributed by atoms with Crippen molar-refractivity contribution in [1.82, 2.24) is 4.67 Å². The first-order valence-electron chi connectivity index (χ1n) is 7.19. The highest BCUT2D eigenvalue weighted by molar-refractivity contribution is 7.59. The molecule has 0 aliphatic carbocycles. The fraction of sp³-hybridized carbons (Fsp3) is 0.562. The van der Waals surface area contributed by atoms with E-state index in [2.05, 4.69) is 0 Å². The second-order valence-electron chi connectivity index (χ2n) is 6.05. The van der Waals surface area contributed by atoms with Crippen LogP contribution < -0.4 is 0 Å². The molecule has 0 heterocycles. The Morgan fingerprint density at radius 3 is 2.24 bits per heavy atom. The Balaban J connectivity index is 3.09. The molecule has 118 valence electrons. The molecule has 1 aromatic rings. The van der Waals surface area contributed by atoms with Crippen molar-refractivity contribution in [2.24, 2.45) is 5.92 Å². The first-order valence-corrected chi connectivity index (χ1v) is 9.75. The second-order valence-corrected chi connectivity index (χ2v) is 9.15. The third kappa shape index (κ3) is 5.64. The van der Waals surface area contributed by atoms with E-state index in [-0.39, 0.29) is 5.97 Å². The van der Waals surface area contributed by atoms with E-state index in [1.54, 1.807) is 18.0 Å². The predicted molar refractivity (Wildman–Crippen MR) is 86.7 cm³/mol. The lowest BCUT2D eigenvalue weighted by atomic mass is 10.0. The van der Waals surface area contributed by atoms with Gasteiger partial charge in [0.15, 0.2) is 0 Å². The Morgan fingerprint density at radius 2 is 1.81 bits per heavy atom. The van der Waals surface area contributed by atoms with Crippen LogP contribution in [0, 0.1) is 5.92 Å². The largest absolute Gasteiger partial charge is 0.468 e. The third-order valence-corrected chi connectivity index (χ3v) is 4.99. The molecular weight excluding hydrogens is 285 g/mol. The minimum atomic E-state index is -2.59. The second kappa shape index (κ2) is 7.77. The number of hydrogen-bond donors (Lipinski definition) is 0. The van der Waals surface area contributed by atoms with Gasteiger partial charge in [0, 0.05) is 19.9 Å². The van der Waals surface area contributed by atoms with Crippen LogP contribution >= 0.6 is 7.29 Å². The standard InChI is InChI=1S/C16H26NO3P/c1-13(2)11-15(16(18)20-3)17(21(4,5)19)12-14-9-7-6-8-10-14/h6-10,13,15H,11-12H2,1-5H3/t15-/m1/s1. The average Bonchev–Trinajstić information content (AvgIpc) is 2.41. The first kappa shape index (κ1) is 17.9. The van der Waals surface area contributed by atoms with Gasteiger partial charge >= 0.3 is 5.97 Å². The average molecular weight is 311 g/mol. The number of esters is 1. The van der Waals surface area contributed by atoms with E-state index in [0.29, 0.717) is 18.9 Å². The molecule has 5 heteroatoms. The SMILES string of the molecule is COC(=O)[C@@H](CC(C)C)N(Cc1ccccc1)P(C)(C)=O. The van der Waals surface area contributed by atoms with E-state index in [1.165, 1.54) is 7.11 Å². The van der Waals surface area contributed by atoms with Crippen LogP contribution in [0.4, 0.5) is 0 Å². The van der Waals surface area contributed by atoms with Crippen LogP contribution in [0.15, 0.2) is 30.3 Å². The van der Waals surface area contributed by atoms with E-state index in [9.17, 15) is 9.36 Å². The Labute approximate surface area is 127 Å². The summed E-state index contributed by atoms with van der Waals surface area (Å²) in [5, 5.41) is 0. The van der Waals surface area contributed by atoms with E-state index < -0.39 is 13.3 Å². The van der Waals surface area contributed by atoms with Crippen LogP contribution in [0.1, 0.15) is 25.8 Å². The maximum atomic E-state index is 12.7. The fourth-order valence-corrected chi connectivity index (χ4v) is 3.67. The molecule has 0 amide bonds. The summed E-state index contributed by atoms with van der Waals surface area (Å²) in [4.78, 5) is 12.1. The molecule has 0 aliphatic heterocycles. The van der Waals surface area contributed by atoms with Gasteiger partial charge in [0.25, 0.3) is 0 Å². The molecule has 0 spiro atoms. The summed E-state index contributed by atoms with van der Waals surface area (Å²) in [5.41, 5.74) is 1.04. The maximum Gasteiger partial charge on any atom is 0.323 e. The molecule has 0 N–H and O–H groups in total. The molecule has 0 fully saturated rings. The number of carbonyl (C=O) groups excluding carboxylic acids is 1. The van der Waals surface area contributed by atoms with Crippen molar-refractivity contribution >= 4 is 13.3 Å². The lowest BCUT2D eigenvalue weighted by Gasteiger charge is -2.33. The van der Waals surface area contributed by atoms with Gasteiger partial charge in [0.2, 0.25) is 0 Å². The van der Waals surface area contributed by atoms with Crippen LogP contribution in [0.3, 0.4) is 0 Å². The molecule has 0 aliphatic rings. The molecule has 0 saturated heterocycles. The Kier molecular flexibility index (Phi) is 6.63. The summed E-state index contributed by atoms with van der Waals surface area (Å²) in [7, 11) is -1.21. The van der Waals surface area contributed by atoms with Crippen molar-refractivity contribution in [1.29, 1.82) is 0 Å². The number of rotatable bonds is 7. The highest BCUT2D eigenvalue weighted by Gasteiger charge is 2.34. The molecule has 1 rings (SSSR count). The van der Waals surface area contributed by atoms with Crippen molar-refractivity contribution in [3.05, 3.63) is 35.9 Å². The van der Waals surface area contributed by atoms with Crippen LogP contribution in [-0.2, 0) is 20.6 Å². The monoisotopic (exact) mass is 311 g/mol. The van der Waals surface area contributed by atoms with Gasteiger partial charge in [-0.2, -0.15) is 0 Å². The van der Waals surface area contributed by atoms with E-state index in [4.69, 9.17) is 4.74 Å². The van der Waals surface area contributed by atoms with E-state index >= 15 is 0 Å². The van der Waals surface area contributed by atoms with E-state index in [1.807, 2.05) is 44.2 Å². The van der Waals surface area contributed by atoms with Crippen molar-refractivity contribution < 1.29 is 14.1 Å². The number of methoxy groups -OCH3 is 1.